The van der Waals surface area contributed by atoms with E-state index >= 15 is 0 Å². The highest BCUT2D eigenvalue weighted by Crippen LogP contribution is 2.28. The maximum atomic E-state index is 10.3. The highest BCUT2D eigenvalue weighted by Gasteiger charge is 2.11. The van der Waals surface area contributed by atoms with E-state index in [0.717, 1.165) is 10.9 Å². The summed E-state index contributed by atoms with van der Waals surface area (Å²) in [6.45, 7) is 2.16. The van der Waals surface area contributed by atoms with Gasteiger partial charge in [0.2, 0.25) is 0 Å². The quantitative estimate of drug-likeness (QED) is 0.764. The van der Waals surface area contributed by atoms with Gasteiger partial charge in [0.15, 0.2) is 0 Å². The summed E-state index contributed by atoms with van der Waals surface area (Å²) in [4.78, 5) is 10.3. The summed E-state index contributed by atoms with van der Waals surface area (Å²) >= 11 is 3.37. The van der Waals surface area contributed by atoms with E-state index in [2.05, 4.69) is 15.9 Å². The molecule has 0 radical (unpaired) electrons. The molecule has 0 aliphatic carbocycles. The van der Waals surface area contributed by atoms with Crippen LogP contribution in [0, 0.1) is 0 Å². The van der Waals surface area contributed by atoms with Crippen LogP contribution < -0.4 is 4.74 Å². The molecule has 0 aromatic heterocycles. The second-order valence-corrected chi connectivity index (χ2v) is 4.82. The number of carboxylic acid groups (broad SMARTS) is 1. The van der Waals surface area contributed by atoms with Crippen molar-refractivity contribution in [1.82, 2.24) is 0 Å². The van der Waals surface area contributed by atoms with Gasteiger partial charge >= 0.3 is 5.97 Å². The molecule has 1 aromatic carbocycles. The summed E-state index contributed by atoms with van der Waals surface area (Å²) in [5.41, 5.74) is 0.640. The number of benzene rings is 1. The molecule has 2 N–H and O–H groups in total. The van der Waals surface area contributed by atoms with E-state index in [9.17, 15) is 9.90 Å². The Hall–Kier alpha value is -1.11. The van der Waals surface area contributed by atoms with Crippen LogP contribution in [0.2, 0.25) is 0 Å². The first-order valence-electron chi connectivity index (χ1n) is 5.94. The molecule has 1 unspecified atom stereocenters. The third-order valence-electron chi connectivity index (χ3n) is 2.30. The van der Waals surface area contributed by atoms with Crippen LogP contribution in [0.25, 0.3) is 0 Å². The molecule has 5 nitrogen and oxygen atoms in total. The number of carbonyl (C=O) groups is 1. The molecule has 0 aliphatic heterocycles. The van der Waals surface area contributed by atoms with Crippen LogP contribution in [0.3, 0.4) is 0 Å². The van der Waals surface area contributed by atoms with Gasteiger partial charge < -0.3 is 19.7 Å². The molecule has 1 rings (SSSR count). The fraction of sp³-hybridized carbons (Fsp3) is 0.462. The van der Waals surface area contributed by atoms with Crippen molar-refractivity contribution in [2.75, 3.05) is 19.8 Å². The Morgan fingerprint density at radius 1 is 1.47 bits per heavy atom. The van der Waals surface area contributed by atoms with Crippen LogP contribution in [0.15, 0.2) is 22.7 Å². The van der Waals surface area contributed by atoms with Gasteiger partial charge in [0.25, 0.3) is 0 Å². The van der Waals surface area contributed by atoms with Gasteiger partial charge in [-0.15, -0.1) is 0 Å². The van der Waals surface area contributed by atoms with Crippen molar-refractivity contribution >= 4 is 21.9 Å². The molecular weight excluding hydrogens is 316 g/mol. The summed E-state index contributed by atoms with van der Waals surface area (Å²) in [5.74, 6) is -0.346. The SMILES string of the molecule is CCCOc1ccc(C(O)COCC(=O)O)cc1Br. The largest absolute Gasteiger partial charge is 0.492 e. The Labute approximate surface area is 120 Å². The van der Waals surface area contributed by atoms with Gasteiger partial charge in [0, 0.05) is 0 Å². The smallest absolute Gasteiger partial charge is 0.329 e. The molecule has 0 saturated heterocycles. The lowest BCUT2D eigenvalue weighted by molar-refractivity contribution is -0.143. The number of hydrogen-bond acceptors (Lipinski definition) is 4. The van der Waals surface area contributed by atoms with Gasteiger partial charge in [-0.2, -0.15) is 0 Å². The van der Waals surface area contributed by atoms with E-state index in [1.165, 1.54) is 0 Å². The van der Waals surface area contributed by atoms with E-state index in [1.807, 2.05) is 6.92 Å². The summed E-state index contributed by atoms with van der Waals surface area (Å²) in [7, 11) is 0. The summed E-state index contributed by atoms with van der Waals surface area (Å²) in [5, 5.41) is 18.3. The van der Waals surface area contributed by atoms with Crippen LogP contribution in [0.4, 0.5) is 0 Å². The second kappa shape index (κ2) is 8.14. The summed E-state index contributed by atoms with van der Waals surface area (Å²) < 4.78 is 11.1. The Morgan fingerprint density at radius 2 is 2.21 bits per heavy atom. The van der Waals surface area contributed by atoms with Gasteiger partial charge in [-0.25, -0.2) is 4.79 Å². The monoisotopic (exact) mass is 332 g/mol. The van der Waals surface area contributed by atoms with E-state index in [1.54, 1.807) is 18.2 Å². The van der Waals surface area contributed by atoms with Crippen molar-refractivity contribution in [2.45, 2.75) is 19.4 Å². The normalized spacial score (nSPS) is 12.2. The second-order valence-electron chi connectivity index (χ2n) is 3.96. The number of aliphatic carboxylic acids is 1. The molecule has 1 aromatic rings. The number of ether oxygens (including phenoxy) is 2. The van der Waals surface area contributed by atoms with Crippen LogP contribution in [-0.4, -0.2) is 36.0 Å². The lowest BCUT2D eigenvalue weighted by atomic mass is 10.1. The first kappa shape index (κ1) is 15.9. The number of rotatable bonds is 8. The van der Waals surface area contributed by atoms with E-state index in [4.69, 9.17) is 14.6 Å². The van der Waals surface area contributed by atoms with Crippen LogP contribution in [0.1, 0.15) is 25.0 Å². The van der Waals surface area contributed by atoms with Crippen molar-refractivity contribution in [1.29, 1.82) is 0 Å². The predicted octanol–water partition coefficient (Wildman–Crippen LogP) is 2.37. The van der Waals surface area contributed by atoms with Crippen molar-refractivity contribution in [3.8, 4) is 5.75 Å². The van der Waals surface area contributed by atoms with Crippen LogP contribution in [0.5, 0.6) is 5.75 Å². The molecule has 106 valence electrons. The zero-order valence-corrected chi connectivity index (χ0v) is 12.2. The van der Waals surface area contributed by atoms with Crippen molar-refractivity contribution in [3.05, 3.63) is 28.2 Å². The van der Waals surface area contributed by atoms with Gasteiger partial charge in [0.05, 0.1) is 17.7 Å². The minimum Gasteiger partial charge on any atom is -0.492 e. The molecule has 0 bridgehead atoms. The van der Waals surface area contributed by atoms with E-state index in [0.29, 0.717) is 17.9 Å². The first-order valence-corrected chi connectivity index (χ1v) is 6.73. The lowest BCUT2D eigenvalue weighted by Gasteiger charge is -2.13. The van der Waals surface area contributed by atoms with Gasteiger partial charge in [-0.3, -0.25) is 0 Å². The maximum absolute atomic E-state index is 10.3. The zero-order valence-electron chi connectivity index (χ0n) is 10.6. The Bertz CT molecular complexity index is 421. The Kier molecular flexibility index (Phi) is 6.83. The zero-order chi connectivity index (χ0) is 14.3. The minimum absolute atomic E-state index is 0.0616. The molecule has 0 saturated carbocycles. The lowest BCUT2D eigenvalue weighted by Crippen LogP contribution is -2.13. The molecular formula is C13H17BrO5. The third-order valence-corrected chi connectivity index (χ3v) is 2.92. The molecule has 0 aliphatic rings. The molecule has 19 heavy (non-hydrogen) atoms. The fourth-order valence-electron chi connectivity index (χ4n) is 1.41. The van der Waals surface area contributed by atoms with Crippen molar-refractivity contribution in [2.24, 2.45) is 0 Å². The molecule has 6 heteroatoms. The highest BCUT2D eigenvalue weighted by molar-refractivity contribution is 9.10. The average molecular weight is 333 g/mol. The van der Waals surface area contributed by atoms with Crippen molar-refractivity contribution < 1.29 is 24.5 Å². The van der Waals surface area contributed by atoms with Gasteiger partial charge in [-0.1, -0.05) is 13.0 Å². The summed E-state index contributed by atoms with van der Waals surface area (Å²) in [6, 6.07) is 5.22. The van der Waals surface area contributed by atoms with Gasteiger partial charge in [-0.05, 0) is 40.0 Å². The van der Waals surface area contributed by atoms with E-state index in [-0.39, 0.29) is 6.61 Å². The minimum atomic E-state index is -1.06. The fourth-order valence-corrected chi connectivity index (χ4v) is 1.92. The Balaban J connectivity index is 2.58. The summed E-state index contributed by atoms with van der Waals surface area (Å²) in [6.07, 6.45) is 0.0516. The first-order chi connectivity index (χ1) is 9.04. The number of carboxylic acids is 1. The number of hydrogen-bond donors (Lipinski definition) is 2. The van der Waals surface area contributed by atoms with Crippen LogP contribution >= 0.6 is 15.9 Å². The standard InChI is InChI=1S/C13H17BrO5/c1-2-5-19-12-4-3-9(6-10(12)14)11(15)7-18-8-13(16)17/h3-4,6,11,15H,2,5,7-8H2,1H3,(H,16,17). The number of halogens is 1. The topological polar surface area (TPSA) is 76.0 Å². The van der Waals surface area contributed by atoms with Crippen LogP contribution in [-0.2, 0) is 9.53 Å². The Morgan fingerprint density at radius 3 is 2.79 bits per heavy atom. The maximum Gasteiger partial charge on any atom is 0.329 e. The predicted molar refractivity (Wildman–Crippen MR) is 73.3 cm³/mol. The molecule has 0 spiro atoms. The molecule has 1 atom stereocenters. The average Bonchev–Trinajstić information content (AvgIpc) is 2.36. The van der Waals surface area contributed by atoms with Crippen molar-refractivity contribution in [3.63, 3.8) is 0 Å². The van der Waals surface area contributed by atoms with Gasteiger partial charge in [0.1, 0.15) is 18.5 Å². The molecule has 0 fully saturated rings. The number of aliphatic hydroxyl groups is 1. The number of aliphatic hydroxyl groups excluding tert-OH is 1. The molecule has 0 amide bonds. The third kappa shape index (κ3) is 5.59. The van der Waals surface area contributed by atoms with E-state index < -0.39 is 18.7 Å². The highest BCUT2D eigenvalue weighted by atomic mass is 79.9. The molecule has 0 heterocycles.